The minimum atomic E-state index is -0.194. The number of halogens is 3. The molecule has 5 heteroatoms. The predicted molar refractivity (Wildman–Crippen MR) is 91.5 cm³/mol. The molecule has 0 saturated carbocycles. The van der Waals surface area contributed by atoms with Crippen molar-refractivity contribution in [2.45, 2.75) is 20.4 Å². The van der Waals surface area contributed by atoms with E-state index in [0.29, 0.717) is 18.7 Å². The molecular weight excluding hydrogens is 401 g/mol. The van der Waals surface area contributed by atoms with Crippen LogP contribution in [0.1, 0.15) is 18.1 Å². The topological polar surface area (TPSA) is 21.3 Å². The highest BCUT2D eigenvalue weighted by Crippen LogP contribution is 2.33. The number of ether oxygens (including phenoxy) is 1. The molecule has 0 fully saturated rings. The molecule has 0 aliphatic carbocycles. The van der Waals surface area contributed by atoms with Gasteiger partial charge in [-0.2, -0.15) is 0 Å². The van der Waals surface area contributed by atoms with Crippen molar-refractivity contribution >= 4 is 37.5 Å². The highest BCUT2D eigenvalue weighted by atomic mass is 79.9. The lowest BCUT2D eigenvalue weighted by molar-refractivity contribution is 0.334. The van der Waals surface area contributed by atoms with Crippen molar-refractivity contribution in [3.63, 3.8) is 0 Å². The normalized spacial score (nSPS) is 10.5. The molecule has 1 N–H and O–H groups in total. The molecule has 0 saturated heterocycles. The van der Waals surface area contributed by atoms with Crippen molar-refractivity contribution in [1.82, 2.24) is 0 Å². The van der Waals surface area contributed by atoms with E-state index in [0.717, 1.165) is 25.9 Å². The first kappa shape index (κ1) is 16.3. The Balaban J connectivity index is 2.20. The third-order valence-electron chi connectivity index (χ3n) is 3.01. The predicted octanol–water partition coefficient (Wildman–Crippen LogP) is 5.67. The molecule has 0 aliphatic heterocycles. The summed E-state index contributed by atoms with van der Waals surface area (Å²) in [6.45, 7) is 4.90. The standard InChI is InChI=1S/C16H16Br2FNO/c1-3-21-16-11(7-12(17)8-14(16)18)9-20-13-4-5-15(19)10(2)6-13/h4-8,20H,3,9H2,1-2H3. The molecular formula is C16H16Br2FNO. The second-order valence-corrected chi connectivity index (χ2v) is 6.40. The Labute approximate surface area is 141 Å². The van der Waals surface area contributed by atoms with Crippen molar-refractivity contribution in [1.29, 1.82) is 0 Å². The van der Waals surface area contributed by atoms with Crippen LogP contribution in [-0.2, 0) is 6.54 Å². The number of rotatable bonds is 5. The van der Waals surface area contributed by atoms with Crippen LogP contribution in [0.4, 0.5) is 10.1 Å². The number of benzene rings is 2. The van der Waals surface area contributed by atoms with E-state index in [1.165, 1.54) is 6.07 Å². The van der Waals surface area contributed by atoms with E-state index in [2.05, 4.69) is 37.2 Å². The molecule has 2 rings (SSSR count). The van der Waals surface area contributed by atoms with E-state index < -0.39 is 0 Å². The molecule has 112 valence electrons. The maximum absolute atomic E-state index is 13.3. The van der Waals surface area contributed by atoms with Crippen molar-refractivity contribution in [2.75, 3.05) is 11.9 Å². The van der Waals surface area contributed by atoms with Gasteiger partial charge in [0.1, 0.15) is 11.6 Å². The first-order chi connectivity index (χ1) is 10.0. The molecule has 0 unspecified atom stereocenters. The van der Waals surface area contributed by atoms with Gasteiger partial charge in [-0.25, -0.2) is 4.39 Å². The van der Waals surface area contributed by atoms with E-state index >= 15 is 0 Å². The number of hydrogen-bond acceptors (Lipinski definition) is 2. The maximum atomic E-state index is 13.3. The number of anilines is 1. The lowest BCUT2D eigenvalue weighted by Gasteiger charge is -2.14. The number of nitrogens with one attached hydrogen (secondary N) is 1. The van der Waals surface area contributed by atoms with E-state index in [1.807, 2.05) is 19.1 Å². The largest absolute Gasteiger partial charge is 0.492 e. The van der Waals surface area contributed by atoms with Crippen LogP contribution < -0.4 is 10.1 Å². The first-order valence-corrected chi connectivity index (χ1v) is 8.20. The van der Waals surface area contributed by atoms with Crippen LogP contribution in [-0.4, -0.2) is 6.61 Å². The Bertz CT molecular complexity index is 646. The molecule has 0 bridgehead atoms. The van der Waals surface area contributed by atoms with Gasteiger partial charge in [0.2, 0.25) is 0 Å². The lowest BCUT2D eigenvalue weighted by atomic mass is 10.1. The van der Waals surface area contributed by atoms with Crippen LogP contribution in [0.5, 0.6) is 5.75 Å². The molecule has 0 atom stereocenters. The van der Waals surface area contributed by atoms with Gasteiger partial charge >= 0.3 is 0 Å². The monoisotopic (exact) mass is 415 g/mol. The average molecular weight is 417 g/mol. The van der Waals surface area contributed by atoms with Gasteiger partial charge in [0.15, 0.2) is 0 Å². The van der Waals surface area contributed by atoms with Crippen LogP contribution in [0.2, 0.25) is 0 Å². The zero-order valence-electron chi connectivity index (χ0n) is 11.8. The Morgan fingerprint density at radius 3 is 2.62 bits per heavy atom. The second kappa shape index (κ2) is 7.27. The fraction of sp³-hybridized carbons (Fsp3) is 0.250. The third kappa shape index (κ3) is 4.20. The molecule has 2 aromatic carbocycles. The molecule has 0 amide bonds. The molecule has 2 aromatic rings. The summed E-state index contributed by atoms with van der Waals surface area (Å²) in [7, 11) is 0. The SMILES string of the molecule is CCOc1c(Br)cc(Br)cc1CNc1ccc(F)c(C)c1. The summed E-state index contributed by atoms with van der Waals surface area (Å²) in [5.74, 6) is 0.632. The van der Waals surface area contributed by atoms with Crippen molar-refractivity contribution in [2.24, 2.45) is 0 Å². The average Bonchev–Trinajstić information content (AvgIpc) is 2.43. The van der Waals surface area contributed by atoms with Gasteiger partial charge < -0.3 is 10.1 Å². The van der Waals surface area contributed by atoms with Gasteiger partial charge in [-0.05, 0) is 65.7 Å². The quantitative estimate of drug-likeness (QED) is 0.677. The fourth-order valence-electron chi connectivity index (χ4n) is 2.00. The Kier molecular flexibility index (Phi) is 5.65. The third-order valence-corrected chi connectivity index (χ3v) is 4.06. The van der Waals surface area contributed by atoms with Crippen LogP contribution >= 0.6 is 31.9 Å². The second-order valence-electron chi connectivity index (χ2n) is 4.63. The molecule has 0 aliphatic rings. The van der Waals surface area contributed by atoms with E-state index in [4.69, 9.17) is 4.74 Å². The highest BCUT2D eigenvalue weighted by Gasteiger charge is 2.10. The summed E-state index contributed by atoms with van der Waals surface area (Å²) in [4.78, 5) is 0. The summed E-state index contributed by atoms with van der Waals surface area (Å²) in [5.41, 5.74) is 2.54. The molecule has 21 heavy (non-hydrogen) atoms. The fourth-order valence-corrected chi connectivity index (χ4v) is 3.43. The van der Waals surface area contributed by atoms with Gasteiger partial charge in [-0.3, -0.25) is 0 Å². The first-order valence-electron chi connectivity index (χ1n) is 6.62. The summed E-state index contributed by atoms with van der Waals surface area (Å²) in [5, 5.41) is 3.29. The van der Waals surface area contributed by atoms with Crippen molar-refractivity contribution in [3.05, 3.63) is 56.2 Å². The maximum Gasteiger partial charge on any atom is 0.138 e. The number of hydrogen-bond donors (Lipinski definition) is 1. The van der Waals surface area contributed by atoms with Crippen LogP contribution in [0.25, 0.3) is 0 Å². The zero-order chi connectivity index (χ0) is 15.4. The van der Waals surface area contributed by atoms with E-state index in [9.17, 15) is 4.39 Å². The van der Waals surface area contributed by atoms with Gasteiger partial charge in [0.25, 0.3) is 0 Å². The van der Waals surface area contributed by atoms with Gasteiger partial charge in [0, 0.05) is 22.3 Å². The van der Waals surface area contributed by atoms with E-state index in [1.54, 1.807) is 19.1 Å². The van der Waals surface area contributed by atoms with Gasteiger partial charge in [0.05, 0.1) is 11.1 Å². The molecule has 0 heterocycles. The van der Waals surface area contributed by atoms with Crippen LogP contribution in [0.15, 0.2) is 39.3 Å². The zero-order valence-corrected chi connectivity index (χ0v) is 15.0. The summed E-state index contributed by atoms with van der Waals surface area (Å²) in [6, 6.07) is 8.96. The summed E-state index contributed by atoms with van der Waals surface area (Å²) < 4.78 is 20.8. The summed E-state index contributed by atoms with van der Waals surface area (Å²) in [6.07, 6.45) is 0. The van der Waals surface area contributed by atoms with Gasteiger partial charge in [-0.15, -0.1) is 0 Å². The minimum Gasteiger partial charge on any atom is -0.492 e. The van der Waals surface area contributed by atoms with E-state index in [-0.39, 0.29) is 5.82 Å². The minimum absolute atomic E-state index is 0.194. The van der Waals surface area contributed by atoms with Crippen LogP contribution in [0, 0.1) is 12.7 Å². The molecule has 0 aromatic heterocycles. The molecule has 0 spiro atoms. The highest BCUT2D eigenvalue weighted by molar-refractivity contribution is 9.11. The lowest BCUT2D eigenvalue weighted by Crippen LogP contribution is -2.04. The number of aryl methyl sites for hydroxylation is 1. The smallest absolute Gasteiger partial charge is 0.138 e. The molecule has 2 nitrogen and oxygen atoms in total. The van der Waals surface area contributed by atoms with Gasteiger partial charge in [-0.1, -0.05) is 15.9 Å². The summed E-state index contributed by atoms with van der Waals surface area (Å²) >= 11 is 7.00. The Hall–Kier alpha value is -1.07. The van der Waals surface area contributed by atoms with Crippen molar-refractivity contribution in [3.8, 4) is 5.75 Å². The van der Waals surface area contributed by atoms with Crippen LogP contribution in [0.3, 0.4) is 0 Å². The Morgan fingerprint density at radius 2 is 1.95 bits per heavy atom. The van der Waals surface area contributed by atoms with Crippen molar-refractivity contribution < 1.29 is 9.13 Å². The Morgan fingerprint density at radius 1 is 1.19 bits per heavy atom. The molecule has 0 radical (unpaired) electrons.